The van der Waals surface area contributed by atoms with Gasteiger partial charge in [0.1, 0.15) is 0 Å². The lowest BCUT2D eigenvalue weighted by Gasteiger charge is -2.35. The SMILES string of the molecule is CCN(Cc1cc(C)c(C)cc1C)C1CCC(N)CC1. The van der Waals surface area contributed by atoms with Crippen molar-refractivity contribution in [2.24, 2.45) is 5.73 Å². The van der Waals surface area contributed by atoms with Gasteiger partial charge >= 0.3 is 0 Å². The van der Waals surface area contributed by atoms with Gasteiger partial charge in [-0.15, -0.1) is 0 Å². The van der Waals surface area contributed by atoms with Crippen LogP contribution < -0.4 is 5.73 Å². The molecule has 1 aromatic rings. The average molecular weight is 274 g/mol. The van der Waals surface area contributed by atoms with Gasteiger partial charge in [-0.2, -0.15) is 0 Å². The van der Waals surface area contributed by atoms with Crippen LogP contribution >= 0.6 is 0 Å². The van der Waals surface area contributed by atoms with E-state index in [0.717, 1.165) is 19.1 Å². The third kappa shape index (κ3) is 3.62. The van der Waals surface area contributed by atoms with Crippen molar-refractivity contribution in [3.8, 4) is 0 Å². The zero-order valence-electron chi connectivity index (χ0n) is 13.6. The van der Waals surface area contributed by atoms with E-state index >= 15 is 0 Å². The lowest BCUT2D eigenvalue weighted by Crippen LogP contribution is -2.40. The van der Waals surface area contributed by atoms with Crippen molar-refractivity contribution in [2.75, 3.05) is 6.54 Å². The molecule has 2 rings (SSSR count). The molecule has 2 nitrogen and oxygen atoms in total. The highest BCUT2D eigenvalue weighted by Crippen LogP contribution is 2.25. The van der Waals surface area contributed by atoms with Gasteiger partial charge in [0.15, 0.2) is 0 Å². The largest absolute Gasteiger partial charge is 0.328 e. The van der Waals surface area contributed by atoms with Crippen molar-refractivity contribution in [1.82, 2.24) is 4.90 Å². The van der Waals surface area contributed by atoms with Gasteiger partial charge in [0, 0.05) is 18.6 Å². The molecular weight excluding hydrogens is 244 g/mol. The zero-order valence-corrected chi connectivity index (χ0v) is 13.6. The maximum Gasteiger partial charge on any atom is 0.0239 e. The number of rotatable bonds is 4. The number of hydrogen-bond acceptors (Lipinski definition) is 2. The first-order valence-corrected chi connectivity index (χ1v) is 8.07. The first-order valence-electron chi connectivity index (χ1n) is 8.07. The van der Waals surface area contributed by atoms with Crippen LogP contribution in [-0.2, 0) is 6.54 Å². The Kier molecular flexibility index (Phi) is 5.22. The predicted octanol–water partition coefficient (Wildman–Crippen LogP) is 3.70. The number of aryl methyl sites for hydroxylation is 3. The van der Waals surface area contributed by atoms with Gasteiger partial charge in [0.2, 0.25) is 0 Å². The Morgan fingerprint density at radius 1 is 1.00 bits per heavy atom. The number of hydrogen-bond donors (Lipinski definition) is 1. The number of nitrogens with zero attached hydrogens (tertiary/aromatic N) is 1. The van der Waals surface area contributed by atoms with Crippen LogP contribution in [-0.4, -0.2) is 23.5 Å². The molecule has 1 aliphatic rings. The Morgan fingerprint density at radius 3 is 2.20 bits per heavy atom. The van der Waals surface area contributed by atoms with Crippen LogP contribution in [0, 0.1) is 20.8 Å². The molecular formula is C18H30N2. The fourth-order valence-electron chi connectivity index (χ4n) is 3.38. The molecule has 1 aromatic carbocycles. The van der Waals surface area contributed by atoms with Crippen LogP contribution in [0.3, 0.4) is 0 Å². The highest BCUT2D eigenvalue weighted by molar-refractivity contribution is 5.36. The lowest BCUT2D eigenvalue weighted by molar-refractivity contribution is 0.149. The van der Waals surface area contributed by atoms with E-state index in [1.807, 2.05) is 0 Å². The molecule has 20 heavy (non-hydrogen) atoms. The van der Waals surface area contributed by atoms with Gasteiger partial charge in [0.05, 0.1) is 0 Å². The van der Waals surface area contributed by atoms with E-state index in [9.17, 15) is 0 Å². The molecule has 0 spiro atoms. The monoisotopic (exact) mass is 274 g/mol. The van der Waals surface area contributed by atoms with Crippen molar-refractivity contribution < 1.29 is 0 Å². The van der Waals surface area contributed by atoms with E-state index in [1.165, 1.54) is 47.9 Å². The average Bonchev–Trinajstić information content (AvgIpc) is 2.42. The van der Waals surface area contributed by atoms with Crippen molar-refractivity contribution in [2.45, 2.75) is 72.0 Å². The van der Waals surface area contributed by atoms with Crippen molar-refractivity contribution in [3.05, 3.63) is 34.4 Å². The molecule has 2 N–H and O–H groups in total. The Bertz CT molecular complexity index is 445. The molecule has 0 saturated heterocycles. The predicted molar refractivity (Wildman–Crippen MR) is 87.0 cm³/mol. The van der Waals surface area contributed by atoms with Gasteiger partial charge < -0.3 is 5.73 Å². The fourth-order valence-corrected chi connectivity index (χ4v) is 3.38. The summed E-state index contributed by atoms with van der Waals surface area (Å²) >= 11 is 0. The minimum absolute atomic E-state index is 0.438. The van der Waals surface area contributed by atoms with Crippen LogP contribution in [0.4, 0.5) is 0 Å². The first kappa shape index (κ1) is 15.5. The van der Waals surface area contributed by atoms with Crippen molar-refractivity contribution >= 4 is 0 Å². The maximum absolute atomic E-state index is 6.03. The summed E-state index contributed by atoms with van der Waals surface area (Å²) in [6, 6.07) is 5.87. The van der Waals surface area contributed by atoms with Crippen molar-refractivity contribution in [1.29, 1.82) is 0 Å². The second kappa shape index (κ2) is 6.73. The molecule has 0 bridgehead atoms. The van der Waals surface area contributed by atoms with Gasteiger partial charge in [-0.25, -0.2) is 0 Å². The van der Waals surface area contributed by atoms with Gasteiger partial charge in [-0.1, -0.05) is 19.1 Å². The molecule has 0 heterocycles. The Balaban J connectivity index is 2.08. The third-order valence-corrected chi connectivity index (χ3v) is 4.99. The highest BCUT2D eigenvalue weighted by atomic mass is 15.1. The van der Waals surface area contributed by atoms with Gasteiger partial charge in [-0.3, -0.25) is 4.90 Å². The topological polar surface area (TPSA) is 29.3 Å². The summed E-state index contributed by atoms with van der Waals surface area (Å²) in [7, 11) is 0. The summed E-state index contributed by atoms with van der Waals surface area (Å²) < 4.78 is 0. The second-order valence-corrected chi connectivity index (χ2v) is 6.49. The molecule has 2 heteroatoms. The minimum atomic E-state index is 0.438. The lowest BCUT2D eigenvalue weighted by atomic mass is 9.90. The molecule has 112 valence electrons. The molecule has 0 atom stereocenters. The van der Waals surface area contributed by atoms with E-state index in [4.69, 9.17) is 5.73 Å². The summed E-state index contributed by atoms with van der Waals surface area (Å²) in [5, 5.41) is 0. The van der Waals surface area contributed by atoms with Crippen LogP contribution in [0.25, 0.3) is 0 Å². The molecule has 1 aliphatic carbocycles. The minimum Gasteiger partial charge on any atom is -0.328 e. The summed E-state index contributed by atoms with van der Waals surface area (Å²) in [6.45, 7) is 11.2. The highest BCUT2D eigenvalue weighted by Gasteiger charge is 2.23. The summed E-state index contributed by atoms with van der Waals surface area (Å²) in [5.74, 6) is 0. The molecule has 0 unspecified atom stereocenters. The van der Waals surface area contributed by atoms with Crippen LogP contribution in [0.2, 0.25) is 0 Å². The maximum atomic E-state index is 6.03. The molecule has 0 radical (unpaired) electrons. The smallest absolute Gasteiger partial charge is 0.0239 e. The van der Waals surface area contributed by atoms with Gasteiger partial charge in [0.25, 0.3) is 0 Å². The van der Waals surface area contributed by atoms with Crippen LogP contribution in [0.15, 0.2) is 12.1 Å². The Morgan fingerprint density at radius 2 is 1.60 bits per heavy atom. The van der Waals surface area contributed by atoms with E-state index in [-0.39, 0.29) is 0 Å². The van der Waals surface area contributed by atoms with Crippen LogP contribution in [0.1, 0.15) is 54.9 Å². The first-order chi connectivity index (χ1) is 9.51. The normalized spacial score (nSPS) is 23.3. The van der Waals surface area contributed by atoms with Crippen molar-refractivity contribution in [3.63, 3.8) is 0 Å². The second-order valence-electron chi connectivity index (χ2n) is 6.49. The quantitative estimate of drug-likeness (QED) is 0.907. The molecule has 1 saturated carbocycles. The molecule has 0 aliphatic heterocycles. The van der Waals surface area contributed by atoms with E-state index in [1.54, 1.807) is 0 Å². The summed E-state index contributed by atoms with van der Waals surface area (Å²) in [4.78, 5) is 2.64. The Hall–Kier alpha value is -0.860. The van der Waals surface area contributed by atoms with Crippen LogP contribution in [0.5, 0.6) is 0 Å². The Labute approximate surface area is 124 Å². The summed E-state index contributed by atoms with van der Waals surface area (Å²) in [5.41, 5.74) is 11.8. The zero-order chi connectivity index (χ0) is 14.7. The van der Waals surface area contributed by atoms with E-state index < -0.39 is 0 Å². The third-order valence-electron chi connectivity index (χ3n) is 4.99. The molecule has 1 fully saturated rings. The van der Waals surface area contributed by atoms with Gasteiger partial charge in [-0.05, 0) is 75.3 Å². The van der Waals surface area contributed by atoms with E-state index in [2.05, 4.69) is 44.7 Å². The number of nitrogens with two attached hydrogens (primary N) is 1. The fraction of sp³-hybridized carbons (Fsp3) is 0.667. The number of benzene rings is 1. The van der Waals surface area contributed by atoms with E-state index in [0.29, 0.717) is 6.04 Å². The molecule has 0 amide bonds. The standard InChI is InChI=1S/C18H30N2/c1-5-20(18-8-6-17(19)7-9-18)12-16-11-14(3)13(2)10-15(16)4/h10-11,17-18H,5-9,12,19H2,1-4H3. The molecule has 0 aromatic heterocycles. The summed E-state index contributed by atoms with van der Waals surface area (Å²) in [6.07, 6.45) is 4.90.